The van der Waals surface area contributed by atoms with Gasteiger partial charge in [-0.15, -0.1) is 0 Å². The summed E-state index contributed by atoms with van der Waals surface area (Å²) in [6, 6.07) is 11.0. The Kier molecular flexibility index (Phi) is 7.60. The lowest BCUT2D eigenvalue weighted by Gasteiger charge is -2.33. The van der Waals surface area contributed by atoms with E-state index in [4.69, 9.17) is 21.3 Å². The van der Waals surface area contributed by atoms with Gasteiger partial charge in [0.2, 0.25) is 0 Å². The van der Waals surface area contributed by atoms with Crippen molar-refractivity contribution in [3.8, 4) is 5.75 Å². The van der Waals surface area contributed by atoms with Crippen LogP contribution in [-0.4, -0.2) is 45.5 Å². The third-order valence-electron chi connectivity index (χ3n) is 5.42. The third kappa shape index (κ3) is 5.99. The molecule has 1 unspecified atom stereocenters. The van der Waals surface area contributed by atoms with E-state index in [0.29, 0.717) is 17.3 Å². The average molecular weight is 469 g/mol. The Labute approximate surface area is 197 Å². The van der Waals surface area contributed by atoms with Crippen molar-refractivity contribution >= 4 is 29.3 Å². The number of thioether (sulfide) groups is 1. The third-order valence-corrected chi connectivity index (χ3v) is 6.60. The van der Waals surface area contributed by atoms with Gasteiger partial charge in [-0.25, -0.2) is 9.97 Å². The number of nitrogens with zero attached hydrogens (tertiary/aromatic N) is 4. The highest BCUT2D eigenvalue weighted by Gasteiger charge is 2.27. The molecule has 1 amide bonds. The summed E-state index contributed by atoms with van der Waals surface area (Å²) in [4.78, 5) is 28.1. The first-order valence-corrected chi connectivity index (χ1v) is 12.0. The fraction of sp³-hybridized carbons (Fsp3) is 0.333. The molecule has 1 aliphatic rings. The fourth-order valence-electron chi connectivity index (χ4n) is 3.75. The van der Waals surface area contributed by atoms with E-state index in [2.05, 4.69) is 9.97 Å². The van der Waals surface area contributed by atoms with Gasteiger partial charge in [0.1, 0.15) is 5.75 Å². The zero-order valence-electron chi connectivity index (χ0n) is 17.9. The number of likely N-dealkylation sites (tertiary alicyclic amines) is 1. The maximum atomic E-state index is 12.8. The second-order valence-electron chi connectivity index (χ2n) is 7.79. The van der Waals surface area contributed by atoms with E-state index in [1.165, 1.54) is 0 Å². The summed E-state index contributed by atoms with van der Waals surface area (Å²) in [5, 5.41) is 1.39. The number of aryl methyl sites for hydroxylation is 1. The molecule has 3 heterocycles. The van der Waals surface area contributed by atoms with Crippen LogP contribution in [0, 0.1) is 6.92 Å². The smallest absolute Gasteiger partial charge is 0.260 e. The van der Waals surface area contributed by atoms with E-state index in [-0.39, 0.29) is 18.4 Å². The predicted molar refractivity (Wildman–Crippen MR) is 126 cm³/mol. The second kappa shape index (κ2) is 10.8. The van der Waals surface area contributed by atoms with E-state index >= 15 is 0 Å². The van der Waals surface area contributed by atoms with Crippen LogP contribution in [-0.2, 0) is 10.5 Å². The van der Waals surface area contributed by atoms with Crippen LogP contribution in [0.1, 0.15) is 35.6 Å². The van der Waals surface area contributed by atoms with Crippen LogP contribution in [0.25, 0.3) is 0 Å². The van der Waals surface area contributed by atoms with Crippen molar-refractivity contribution in [2.24, 2.45) is 0 Å². The van der Waals surface area contributed by atoms with Gasteiger partial charge in [-0.3, -0.25) is 9.78 Å². The Morgan fingerprint density at radius 1 is 1.25 bits per heavy atom. The number of aromatic nitrogens is 3. The molecule has 6 nitrogen and oxygen atoms in total. The summed E-state index contributed by atoms with van der Waals surface area (Å²) >= 11 is 7.50. The number of hydrogen-bond donors (Lipinski definition) is 0. The fourth-order valence-corrected chi connectivity index (χ4v) is 4.63. The molecule has 0 N–H and O–H groups in total. The quantitative estimate of drug-likeness (QED) is 0.362. The van der Waals surface area contributed by atoms with Gasteiger partial charge in [0, 0.05) is 48.4 Å². The minimum atomic E-state index is -0.0115. The largest absolute Gasteiger partial charge is 0.484 e. The molecule has 1 aliphatic heterocycles. The lowest BCUT2D eigenvalue weighted by atomic mass is 9.92. The zero-order chi connectivity index (χ0) is 22.3. The monoisotopic (exact) mass is 468 g/mol. The molecule has 8 heteroatoms. The van der Waals surface area contributed by atoms with Crippen LogP contribution in [0.2, 0.25) is 5.02 Å². The van der Waals surface area contributed by atoms with Gasteiger partial charge in [0.25, 0.3) is 5.91 Å². The van der Waals surface area contributed by atoms with E-state index in [9.17, 15) is 4.79 Å². The van der Waals surface area contributed by atoms with Crippen molar-refractivity contribution in [2.45, 2.75) is 36.6 Å². The predicted octanol–water partition coefficient (Wildman–Crippen LogP) is 4.91. The first-order chi connectivity index (χ1) is 15.6. The molecule has 0 aliphatic carbocycles. The number of amides is 1. The molecular weight excluding hydrogens is 444 g/mol. The number of halogens is 1. The molecule has 32 heavy (non-hydrogen) atoms. The molecule has 4 rings (SSSR count). The van der Waals surface area contributed by atoms with Crippen LogP contribution >= 0.6 is 23.4 Å². The molecule has 1 atom stereocenters. The Balaban J connectivity index is 1.37. The summed E-state index contributed by atoms with van der Waals surface area (Å²) in [7, 11) is 0. The topological polar surface area (TPSA) is 68.2 Å². The first kappa shape index (κ1) is 22.6. The molecule has 166 valence electrons. The Morgan fingerprint density at radius 2 is 2.09 bits per heavy atom. The van der Waals surface area contributed by atoms with Crippen molar-refractivity contribution in [3.05, 3.63) is 76.8 Å². The molecule has 3 aromatic rings. The minimum absolute atomic E-state index is 0.0115. The summed E-state index contributed by atoms with van der Waals surface area (Å²) in [5.74, 6) is 1.60. The minimum Gasteiger partial charge on any atom is -0.484 e. The molecule has 0 bridgehead atoms. The normalized spacial score (nSPS) is 16.1. The van der Waals surface area contributed by atoms with Gasteiger partial charge in [-0.05, 0) is 61.2 Å². The molecule has 2 aromatic heterocycles. The highest BCUT2D eigenvalue weighted by Crippen LogP contribution is 2.29. The maximum Gasteiger partial charge on any atom is 0.260 e. The molecular formula is C24H25ClN4O2S. The number of benzene rings is 1. The molecule has 0 spiro atoms. The molecule has 1 saturated heterocycles. The van der Waals surface area contributed by atoms with Crippen molar-refractivity contribution in [1.82, 2.24) is 19.9 Å². The second-order valence-corrected chi connectivity index (χ2v) is 9.17. The van der Waals surface area contributed by atoms with Crippen molar-refractivity contribution in [2.75, 3.05) is 19.7 Å². The summed E-state index contributed by atoms with van der Waals surface area (Å²) < 4.78 is 5.65. The van der Waals surface area contributed by atoms with Crippen molar-refractivity contribution < 1.29 is 9.53 Å². The number of carbonyl (C=O) groups excluding carboxylic acids is 1. The standard InChI is InChI=1S/C24H25ClN4O2S/c1-17-12-27-24(32-16-18-4-2-10-26-13-18)28-23(17)19-5-3-11-29(14-19)22(30)15-31-21-8-6-20(25)7-9-21/h2,4,6-10,12-13,19H,3,5,11,14-16H2,1H3. The van der Waals surface area contributed by atoms with E-state index in [1.807, 2.05) is 36.4 Å². The van der Waals surface area contributed by atoms with Gasteiger partial charge in [0.05, 0.1) is 5.69 Å². The summed E-state index contributed by atoms with van der Waals surface area (Å²) in [6.45, 7) is 3.44. The van der Waals surface area contributed by atoms with Gasteiger partial charge < -0.3 is 9.64 Å². The van der Waals surface area contributed by atoms with Crippen LogP contribution < -0.4 is 4.74 Å². The Hall–Kier alpha value is -2.64. The first-order valence-electron chi connectivity index (χ1n) is 10.6. The number of pyridine rings is 1. The van der Waals surface area contributed by atoms with Crippen LogP contribution in [0.5, 0.6) is 5.75 Å². The molecule has 1 aromatic carbocycles. The maximum absolute atomic E-state index is 12.8. The van der Waals surface area contributed by atoms with Gasteiger partial charge in [-0.1, -0.05) is 29.4 Å². The number of hydrogen-bond acceptors (Lipinski definition) is 6. The van der Waals surface area contributed by atoms with Gasteiger partial charge in [-0.2, -0.15) is 0 Å². The van der Waals surface area contributed by atoms with Crippen LogP contribution in [0.15, 0.2) is 60.1 Å². The van der Waals surface area contributed by atoms with Crippen LogP contribution in [0.4, 0.5) is 0 Å². The SMILES string of the molecule is Cc1cnc(SCc2cccnc2)nc1C1CCCN(C(=O)COc2ccc(Cl)cc2)C1. The zero-order valence-corrected chi connectivity index (χ0v) is 19.5. The van der Waals surface area contributed by atoms with Crippen LogP contribution in [0.3, 0.4) is 0 Å². The highest BCUT2D eigenvalue weighted by molar-refractivity contribution is 7.98. The lowest BCUT2D eigenvalue weighted by molar-refractivity contribution is -0.134. The molecule has 0 radical (unpaired) electrons. The average Bonchev–Trinajstić information content (AvgIpc) is 2.83. The lowest BCUT2D eigenvalue weighted by Crippen LogP contribution is -2.41. The number of rotatable bonds is 7. The van der Waals surface area contributed by atoms with E-state index in [1.54, 1.807) is 42.2 Å². The summed E-state index contributed by atoms with van der Waals surface area (Å²) in [5.41, 5.74) is 3.23. The van der Waals surface area contributed by atoms with E-state index in [0.717, 1.165) is 47.1 Å². The van der Waals surface area contributed by atoms with E-state index < -0.39 is 0 Å². The van der Waals surface area contributed by atoms with Crippen molar-refractivity contribution in [3.63, 3.8) is 0 Å². The van der Waals surface area contributed by atoms with Gasteiger partial charge in [0.15, 0.2) is 11.8 Å². The number of ether oxygens (including phenoxy) is 1. The Bertz CT molecular complexity index is 1050. The van der Waals surface area contributed by atoms with Crippen molar-refractivity contribution in [1.29, 1.82) is 0 Å². The molecule has 1 fully saturated rings. The highest BCUT2D eigenvalue weighted by atomic mass is 35.5. The number of carbonyl (C=O) groups is 1. The Morgan fingerprint density at radius 3 is 2.88 bits per heavy atom. The van der Waals surface area contributed by atoms with Gasteiger partial charge >= 0.3 is 0 Å². The number of piperidine rings is 1. The summed E-state index contributed by atoms with van der Waals surface area (Å²) in [6.07, 6.45) is 7.47. The molecule has 0 saturated carbocycles.